The highest BCUT2D eigenvalue weighted by atomic mass is 16.5. The van der Waals surface area contributed by atoms with Gasteiger partial charge in [0.1, 0.15) is 5.75 Å². The van der Waals surface area contributed by atoms with Crippen LogP contribution in [0, 0.1) is 0 Å². The summed E-state index contributed by atoms with van der Waals surface area (Å²) in [5.41, 5.74) is 1.39. The van der Waals surface area contributed by atoms with Crippen molar-refractivity contribution in [3.8, 4) is 23.0 Å². The van der Waals surface area contributed by atoms with Crippen LogP contribution < -0.4 is 18.9 Å². The molecule has 33 heavy (non-hydrogen) atoms. The SMILES string of the molecule is COc1cc(/C=C/C(=O)c2ccc(OCCCN(C)C)c3ccccc23)cc(OC)c1OC. The highest BCUT2D eigenvalue weighted by Gasteiger charge is 2.14. The molecule has 0 atom stereocenters. The van der Waals surface area contributed by atoms with E-state index >= 15 is 0 Å². The molecule has 0 N–H and O–H groups in total. The van der Waals surface area contributed by atoms with Crippen molar-refractivity contribution in [2.24, 2.45) is 0 Å². The lowest BCUT2D eigenvalue weighted by Crippen LogP contribution is -2.15. The van der Waals surface area contributed by atoms with Crippen LogP contribution in [0.1, 0.15) is 22.3 Å². The molecule has 0 heterocycles. The molecule has 0 aromatic heterocycles. The predicted molar refractivity (Wildman–Crippen MR) is 132 cm³/mol. The van der Waals surface area contributed by atoms with Gasteiger partial charge in [-0.2, -0.15) is 0 Å². The maximum atomic E-state index is 13.1. The van der Waals surface area contributed by atoms with Crippen molar-refractivity contribution in [2.45, 2.75) is 6.42 Å². The van der Waals surface area contributed by atoms with Gasteiger partial charge in [-0.1, -0.05) is 30.3 Å². The first-order valence-corrected chi connectivity index (χ1v) is 10.8. The second kappa shape index (κ2) is 11.4. The Morgan fingerprint density at radius 1 is 0.879 bits per heavy atom. The number of hydrogen-bond donors (Lipinski definition) is 0. The first-order valence-electron chi connectivity index (χ1n) is 10.8. The van der Waals surface area contributed by atoms with Crippen LogP contribution in [0.3, 0.4) is 0 Å². The smallest absolute Gasteiger partial charge is 0.203 e. The third kappa shape index (κ3) is 5.84. The van der Waals surface area contributed by atoms with Crippen molar-refractivity contribution in [1.82, 2.24) is 4.90 Å². The van der Waals surface area contributed by atoms with Crippen LogP contribution in [0.15, 0.2) is 54.6 Å². The van der Waals surface area contributed by atoms with Gasteiger partial charge in [-0.15, -0.1) is 0 Å². The third-order valence-electron chi connectivity index (χ3n) is 5.27. The number of ether oxygens (including phenoxy) is 4. The van der Waals surface area contributed by atoms with E-state index in [0.717, 1.165) is 35.1 Å². The Bertz CT molecular complexity index is 1110. The summed E-state index contributed by atoms with van der Waals surface area (Å²) in [6.07, 6.45) is 4.23. The molecule has 174 valence electrons. The number of fused-ring (bicyclic) bond motifs is 1. The number of carbonyl (C=O) groups is 1. The summed E-state index contributed by atoms with van der Waals surface area (Å²) < 4.78 is 22.2. The maximum Gasteiger partial charge on any atom is 0.203 e. The van der Waals surface area contributed by atoms with Crippen LogP contribution in [-0.4, -0.2) is 59.3 Å². The van der Waals surface area contributed by atoms with Gasteiger partial charge in [0, 0.05) is 17.5 Å². The Morgan fingerprint density at radius 3 is 2.15 bits per heavy atom. The number of rotatable bonds is 11. The highest BCUT2D eigenvalue weighted by molar-refractivity contribution is 6.15. The predicted octanol–water partition coefficient (Wildman–Crippen LogP) is 5.09. The molecule has 0 spiro atoms. The summed E-state index contributed by atoms with van der Waals surface area (Å²) in [6, 6.07) is 15.1. The molecule has 0 unspecified atom stereocenters. The Balaban J connectivity index is 1.86. The van der Waals surface area contributed by atoms with E-state index in [1.807, 2.05) is 50.5 Å². The Labute approximate surface area is 195 Å². The highest BCUT2D eigenvalue weighted by Crippen LogP contribution is 2.38. The molecular weight excluding hydrogens is 418 g/mol. The van der Waals surface area contributed by atoms with Crippen LogP contribution in [0.4, 0.5) is 0 Å². The second-order valence-electron chi connectivity index (χ2n) is 7.82. The van der Waals surface area contributed by atoms with Gasteiger partial charge < -0.3 is 23.8 Å². The summed E-state index contributed by atoms with van der Waals surface area (Å²) in [7, 11) is 8.77. The van der Waals surface area contributed by atoms with Crippen LogP contribution in [-0.2, 0) is 0 Å². The molecule has 3 aromatic carbocycles. The molecular formula is C27H31NO5. The molecule has 0 saturated heterocycles. The summed E-state index contributed by atoms with van der Waals surface area (Å²) in [6.45, 7) is 1.58. The normalized spacial score (nSPS) is 11.2. The van der Waals surface area contributed by atoms with E-state index in [1.165, 1.54) is 0 Å². The molecule has 0 fully saturated rings. The Morgan fingerprint density at radius 2 is 1.55 bits per heavy atom. The lowest BCUT2D eigenvalue weighted by atomic mass is 10.00. The number of hydrogen-bond acceptors (Lipinski definition) is 6. The van der Waals surface area contributed by atoms with Crippen LogP contribution >= 0.6 is 0 Å². The van der Waals surface area contributed by atoms with Gasteiger partial charge in [0.25, 0.3) is 0 Å². The minimum absolute atomic E-state index is 0.0980. The monoisotopic (exact) mass is 449 g/mol. The van der Waals surface area contributed by atoms with Crippen molar-refractivity contribution in [3.63, 3.8) is 0 Å². The fourth-order valence-corrected chi connectivity index (χ4v) is 3.63. The number of allylic oxidation sites excluding steroid dienone is 1. The maximum absolute atomic E-state index is 13.1. The number of methoxy groups -OCH3 is 3. The minimum Gasteiger partial charge on any atom is -0.493 e. The van der Waals surface area contributed by atoms with Crippen molar-refractivity contribution in [2.75, 3.05) is 48.6 Å². The van der Waals surface area contributed by atoms with Gasteiger partial charge in [-0.25, -0.2) is 0 Å². The van der Waals surface area contributed by atoms with Gasteiger partial charge in [0.2, 0.25) is 5.75 Å². The molecule has 0 radical (unpaired) electrons. The van der Waals surface area contributed by atoms with E-state index < -0.39 is 0 Å². The van der Waals surface area contributed by atoms with E-state index in [2.05, 4.69) is 4.90 Å². The largest absolute Gasteiger partial charge is 0.493 e. The zero-order chi connectivity index (χ0) is 23.8. The van der Waals surface area contributed by atoms with E-state index in [0.29, 0.717) is 29.4 Å². The number of ketones is 1. The van der Waals surface area contributed by atoms with Gasteiger partial charge in [0.05, 0.1) is 27.9 Å². The van der Waals surface area contributed by atoms with Gasteiger partial charge in [0.15, 0.2) is 17.3 Å². The molecule has 0 amide bonds. The lowest BCUT2D eigenvalue weighted by molar-refractivity contribution is 0.104. The molecule has 0 saturated carbocycles. The molecule has 6 heteroatoms. The summed E-state index contributed by atoms with van der Waals surface area (Å²) in [5.74, 6) is 2.26. The van der Waals surface area contributed by atoms with Crippen LogP contribution in [0.2, 0.25) is 0 Å². The molecule has 0 aliphatic heterocycles. The summed E-state index contributed by atoms with van der Waals surface area (Å²) >= 11 is 0. The molecule has 3 aromatic rings. The average molecular weight is 450 g/mol. The molecule has 6 nitrogen and oxygen atoms in total. The number of nitrogens with zero attached hydrogens (tertiary/aromatic N) is 1. The number of carbonyl (C=O) groups excluding carboxylic acids is 1. The molecule has 3 rings (SSSR count). The van der Waals surface area contributed by atoms with Crippen LogP contribution in [0.25, 0.3) is 16.8 Å². The Kier molecular flexibility index (Phi) is 8.33. The van der Waals surface area contributed by atoms with Crippen LogP contribution in [0.5, 0.6) is 23.0 Å². The molecule has 0 bridgehead atoms. The van der Waals surface area contributed by atoms with Crippen molar-refractivity contribution >= 4 is 22.6 Å². The van der Waals surface area contributed by atoms with Crippen molar-refractivity contribution in [3.05, 3.63) is 65.7 Å². The topological polar surface area (TPSA) is 57.2 Å². The van der Waals surface area contributed by atoms with E-state index in [-0.39, 0.29) is 5.78 Å². The minimum atomic E-state index is -0.0980. The molecule has 0 aliphatic carbocycles. The van der Waals surface area contributed by atoms with Crippen molar-refractivity contribution < 1.29 is 23.7 Å². The lowest BCUT2D eigenvalue weighted by Gasteiger charge is -2.13. The first-order chi connectivity index (χ1) is 16.0. The van der Waals surface area contributed by atoms with Gasteiger partial charge >= 0.3 is 0 Å². The summed E-state index contributed by atoms with van der Waals surface area (Å²) in [4.78, 5) is 15.2. The standard InChI is InChI=1S/C27H31NO5/c1-28(2)15-8-16-33-24-14-12-21(20-9-6-7-10-22(20)24)23(29)13-11-19-17-25(30-3)27(32-5)26(18-19)31-4/h6-7,9-14,17-18H,8,15-16H2,1-5H3/b13-11+. The zero-order valence-corrected chi connectivity index (χ0v) is 19.9. The van der Waals surface area contributed by atoms with E-state index in [4.69, 9.17) is 18.9 Å². The molecule has 0 aliphatic rings. The average Bonchev–Trinajstić information content (AvgIpc) is 2.84. The third-order valence-corrected chi connectivity index (χ3v) is 5.27. The fraction of sp³-hybridized carbons (Fsp3) is 0.296. The summed E-state index contributed by atoms with van der Waals surface area (Å²) in [5, 5.41) is 1.79. The van der Waals surface area contributed by atoms with E-state index in [1.54, 1.807) is 45.6 Å². The zero-order valence-electron chi connectivity index (χ0n) is 19.9. The fourth-order valence-electron chi connectivity index (χ4n) is 3.63. The first kappa shape index (κ1) is 24.1. The Hall–Kier alpha value is -3.51. The van der Waals surface area contributed by atoms with Gasteiger partial charge in [-0.05, 0) is 61.8 Å². The number of benzene rings is 3. The van der Waals surface area contributed by atoms with Crippen molar-refractivity contribution in [1.29, 1.82) is 0 Å². The quantitative estimate of drug-likeness (QED) is 0.231. The van der Waals surface area contributed by atoms with E-state index in [9.17, 15) is 4.79 Å². The second-order valence-corrected chi connectivity index (χ2v) is 7.82. The van der Waals surface area contributed by atoms with Gasteiger partial charge in [-0.3, -0.25) is 4.79 Å².